The van der Waals surface area contributed by atoms with Gasteiger partial charge in [-0.15, -0.1) is 0 Å². The van der Waals surface area contributed by atoms with Crippen molar-refractivity contribution in [2.45, 2.75) is 26.2 Å². The van der Waals surface area contributed by atoms with Crippen LogP contribution in [0.5, 0.6) is 0 Å². The Balaban J connectivity index is 1.66. The Morgan fingerprint density at radius 3 is 2.72 bits per heavy atom. The largest absolute Gasteiger partial charge is 0.370 e. The van der Waals surface area contributed by atoms with Crippen LogP contribution in [-0.4, -0.2) is 22.4 Å². The Bertz CT molecular complexity index is 840. The minimum Gasteiger partial charge on any atom is -0.370 e. The molecule has 0 saturated carbocycles. The highest BCUT2D eigenvalue weighted by atomic mass is 16.1. The molecule has 25 heavy (non-hydrogen) atoms. The van der Waals surface area contributed by atoms with Crippen LogP contribution >= 0.6 is 0 Å². The van der Waals surface area contributed by atoms with Crippen LogP contribution in [0.15, 0.2) is 54.9 Å². The van der Waals surface area contributed by atoms with Crippen molar-refractivity contribution in [3.8, 4) is 0 Å². The molecule has 3 rings (SSSR count). The van der Waals surface area contributed by atoms with Gasteiger partial charge in [0.1, 0.15) is 5.82 Å². The number of rotatable bonds is 7. The van der Waals surface area contributed by atoms with Crippen LogP contribution in [0.3, 0.4) is 0 Å². The van der Waals surface area contributed by atoms with Gasteiger partial charge in [0.2, 0.25) is 0 Å². The molecule has 3 aromatic rings. The van der Waals surface area contributed by atoms with Crippen molar-refractivity contribution in [2.24, 2.45) is 0 Å². The molecule has 0 aliphatic carbocycles. The average Bonchev–Trinajstić information content (AvgIpc) is 2.66. The molecule has 1 aromatic carbocycles. The molecule has 2 N–H and O–H groups in total. The minimum absolute atomic E-state index is 0.191. The van der Waals surface area contributed by atoms with E-state index in [0.29, 0.717) is 11.3 Å². The molecule has 0 aliphatic heterocycles. The van der Waals surface area contributed by atoms with Crippen LogP contribution in [0.1, 0.15) is 36.5 Å². The summed E-state index contributed by atoms with van der Waals surface area (Å²) in [6, 6.07) is 13.2. The Morgan fingerprint density at radius 1 is 1.04 bits per heavy atom. The highest BCUT2D eigenvalue weighted by molar-refractivity contribution is 6.08. The SMILES string of the molecule is CCCCCNc1ccc(C(=O)Nc2cccc3cccnc23)cn1. The standard InChI is InChI=1S/C20H22N4O/c1-2-3-4-12-21-18-11-10-16(14-23-18)20(25)24-17-9-5-7-15-8-6-13-22-19(15)17/h5-11,13-14H,2-4,12H2,1H3,(H,21,23)(H,24,25). The highest BCUT2D eigenvalue weighted by Gasteiger charge is 2.09. The normalized spacial score (nSPS) is 10.6. The van der Waals surface area contributed by atoms with E-state index in [1.54, 1.807) is 18.5 Å². The monoisotopic (exact) mass is 334 g/mol. The van der Waals surface area contributed by atoms with E-state index < -0.39 is 0 Å². The van der Waals surface area contributed by atoms with Gasteiger partial charge in [-0.3, -0.25) is 9.78 Å². The van der Waals surface area contributed by atoms with Gasteiger partial charge in [0.25, 0.3) is 5.91 Å². The number of nitrogens with zero attached hydrogens (tertiary/aromatic N) is 2. The lowest BCUT2D eigenvalue weighted by Crippen LogP contribution is -2.13. The first-order valence-electron chi connectivity index (χ1n) is 8.63. The number of carbonyl (C=O) groups excluding carboxylic acids is 1. The zero-order valence-electron chi connectivity index (χ0n) is 14.3. The summed E-state index contributed by atoms with van der Waals surface area (Å²) < 4.78 is 0. The smallest absolute Gasteiger partial charge is 0.257 e. The topological polar surface area (TPSA) is 66.9 Å². The predicted octanol–water partition coefficient (Wildman–Crippen LogP) is 4.48. The predicted molar refractivity (Wildman–Crippen MR) is 102 cm³/mol. The summed E-state index contributed by atoms with van der Waals surface area (Å²) in [6.07, 6.45) is 6.83. The lowest BCUT2D eigenvalue weighted by molar-refractivity contribution is 0.102. The van der Waals surface area contributed by atoms with Crippen LogP contribution in [0.2, 0.25) is 0 Å². The number of amides is 1. The van der Waals surface area contributed by atoms with Crippen molar-refractivity contribution in [2.75, 3.05) is 17.2 Å². The number of benzene rings is 1. The van der Waals surface area contributed by atoms with Gasteiger partial charge < -0.3 is 10.6 Å². The average molecular weight is 334 g/mol. The summed E-state index contributed by atoms with van der Waals surface area (Å²) in [4.78, 5) is 21.1. The molecule has 1 amide bonds. The van der Waals surface area contributed by atoms with E-state index in [2.05, 4.69) is 27.5 Å². The van der Waals surface area contributed by atoms with Crippen LogP contribution in [0.4, 0.5) is 11.5 Å². The second kappa shape index (κ2) is 8.24. The molecule has 5 heteroatoms. The van der Waals surface area contributed by atoms with Gasteiger partial charge in [0, 0.05) is 24.3 Å². The first-order chi connectivity index (χ1) is 12.3. The second-order valence-electron chi connectivity index (χ2n) is 5.90. The molecule has 2 aromatic heterocycles. The van der Waals surface area contributed by atoms with E-state index in [1.165, 1.54) is 12.8 Å². The number of pyridine rings is 2. The number of aromatic nitrogens is 2. The van der Waals surface area contributed by atoms with Gasteiger partial charge in [-0.25, -0.2) is 4.98 Å². The molecule has 0 saturated heterocycles. The summed E-state index contributed by atoms with van der Waals surface area (Å²) in [5, 5.41) is 7.18. The zero-order chi connectivity index (χ0) is 17.5. The maximum atomic E-state index is 12.5. The molecule has 5 nitrogen and oxygen atoms in total. The summed E-state index contributed by atoms with van der Waals surface area (Å²) >= 11 is 0. The summed E-state index contributed by atoms with van der Waals surface area (Å²) in [6.45, 7) is 3.07. The van der Waals surface area contributed by atoms with Gasteiger partial charge in [0.15, 0.2) is 0 Å². The number of hydrogen-bond donors (Lipinski definition) is 2. The molecule has 128 valence electrons. The quantitative estimate of drug-likeness (QED) is 0.625. The third kappa shape index (κ3) is 4.32. The number of carbonyl (C=O) groups is 1. The second-order valence-corrected chi connectivity index (χ2v) is 5.90. The maximum Gasteiger partial charge on any atom is 0.257 e. The molecule has 0 atom stereocenters. The molecule has 0 unspecified atom stereocenters. The molecule has 0 spiro atoms. The van der Waals surface area contributed by atoms with Crippen molar-refractivity contribution in [3.05, 3.63) is 60.4 Å². The van der Waals surface area contributed by atoms with Crippen molar-refractivity contribution in [1.29, 1.82) is 0 Å². The number of nitrogens with one attached hydrogen (secondary N) is 2. The van der Waals surface area contributed by atoms with E-state index in [9.17, 15) is 4.79 Å². The summed E-state index contributed by atoms with van der Waals surface area (Å²) in [5.41, 5.74) is 2.00. The van der Waals surface area contributed by atoms with E-state index in [1.807, 2.05) is 36.4 Å². The zero-order valence-corrected chi connectivity index (χ0v) is 14.3. The van der Waals surface area contributed by atoms with Crippen LogP contribution in [0, 0.1) is 0 Å². The Kier molecular flexibility index (Phi) is 5.57. The molecule has 0 radical (unpaired) electrons. The third-order valence-electron chi connectivity index (χ3n) is 3.99. The fourth-order valence-corrected chi connectivity index (χ4v) is 2.62. The van der Waals surface area contributed by atoms with Crippen LogP contribution < -0.4 is 10.6 Å². The Morgan fingerprint density at radius 2 is 1.92 bits per heavy atom. The molecule has 2 heterocycles. The van der Waals surface area contributed by atoms with Gasteiger partial charge in [-0.1, -0.05) is 38.0 Å². The summed E-state index contributed by atoms with van der Waals surface area (Å²) in [7, 11) is 0. The minimum atomic E-state index is -0.191. The molecular formula is C20H22N4O. The van der Waals surface area contributed by atoms with Gasteiger partial charge >= 0.3 is 0 Å². The Hall–Kier alpha value is -2.95. The van der Waals surface area contributed by atoms with Crippen molar-refractivity contribution >= 4 is 28.3 Å². The number of hydrogen-bond acceptors (Lipinski definition) is 4. The number of unbranched alkanes of at least 4 members (excludes halogenated alkanes) is 2. The highest BCUT2D eigenvalue weighted by Crippen LogP contribution is 2.21. The van der Waals surface area contributed by atoms with Crippen LogP contribution in [0.25, 0.3) is 10.9 Å². The van der Waals surface area contributed by atoms with Gasteiger partial charge in [-0.2, -0.15) is 0 Å². The van der Waals surface area contributed by atoms with E-state index in [0.717, 1.165) is 29.7 Å². The van der Waals surface area contributed by atoms with Crippen LogP contribution in [-0.2, 0) is 0 Å². The van der Waals surface area contributed by atoms with E-state index in [-0.39, 0.29) is 5.91 Å². The lowest BCUT2D eigenvalue weighted by Gasteiger charge is -2.09. The number of fused-ring (bicyclic) bond motifs is 1. The first kappa shape index (κ1) is 16.9. The van der Waals surface area contributed by atoms with Gasteiger partial charge in [0.05, 0.1) is 16.8 Å². The molecule has 0 bridgehead atoms. The third-order valence-corrected chi connectivity index (χ3v) is 3.99. The van der Waals surface area contributed by atoms with E-state index >= 15 is 0 Å². The number of para-hydroxylation sites is 1. The maximum absolute atomic E-state index is 12.5. The molecule has 0 aliphatic rings. The fraction of sp³-hybridized carbons (Fsp3) is 0.250. The summed E-state index contributed by atoms with van der Waals surface area (Å²) in [5.74, 6) is 0.600. The first-order valence-corrected chi connectivity index (χ1v) is 8.63. The Labute approximate surface area is 147 Å². The molecular weight excluding hydrogens is 312 g/mol. The lowest BCUT2D eigenvalue weighted by atomic mass is 10.2. The van der Waals surface area contributed by atoms with Crippen molar-refractivity contribution in [3.63, 3.8) is 0 Å². The fourth-order valence-electron chi connectivity index (χ4n) is 2.62. The van der Waals surface area contributed by atoms with Gasteiger partial charge in [-0.05, 0) is 30.7 Å². The molecule has 0 fully saturated rings. The number of anilines is 2. The van der Waals surface area contributed by atoms with E-state index in [4.69, 9.17) is 0 Å². The van der Waals surface area contributed by atoms with Crippen molar-refractivity contribution < 1.29 is 4.79 Å². The van der Waals surface area contributed by atoms with Crippen molar-refractivity contribution in [1.82, 2.24) is 9.97 Å².